The maximum absolute atomic E-state index is 11.7. The average molecular weight is 291 g/mol. The molecular formula is C14H17N3O2S. The van der Waals surface area contributed by atoms with Crippen LogP contribution in [0.2, 0.25) is 0 Å². The van der Waals surface area contributed by atoms with Gasteiger partial charge in [-0.25, -0.2) is 9.78 Å². The molecule has 0 spiro atoms. The normalized spacial score (nSPS) is 15.7. The summed E-state index contributed by atoms with van der Waals surface area (Å²) in [5.74, 6) is 0. The smallest absolute Gasteiger partial charge is 0.409 e. The molecule has 1 fully saturated rings. The van der Waals surface area contributed by atoms with E-state index in [9.17, 15) is 4.79 Å². The Morgan fingerprint density at radius 2 is 2.05 bits per heavy atom. The number of thiazole rings is 1. The first-order valence-corrected chi connectivity index (χ1v) is 7.62. The minimum atomic E-state index is -0.212. The van der Waals surface area contributed by atoms with Crippen molar-refractivity contribution in [2.45, 2.75) is 6.92 Å². The Hall–Kier alpha value is -1.82. The van der Waals surface area contributed by atoms with Gasteiger partial charge in [-0.3, -0.25) is 0 Å². The van der Waals surface area contributed by atoms with Gasteiger partial charge >= 0.3 is 6.09 Å². The number of para-hydroxylation sites is 1. The summed E-state index contributed by atoms with van der Waals surface area (Å²) in [6, 6.07) is 8.16. The van der Waals surface area contributed by atoms with Crippen LogP contribution in [-0.2, 0) is 4.74 Å². The summed E-state index contributed by atoms with van der Waals surface area (Å²) in [6.07, 6.45) is -0.212. The summed E-state index contributed by atoms with van der Waals surface area (Å²) in [4.78, 5) is 20.3. The standard InChI is InChI=1S/C14H17N3O2S/c1-2-19-14(18)17-9-7-16(8-10-17)13-15-11-5-3-4-6-12(11)20-13/h3-6H,2,7-10H2,1H3. The molecule has 5 nitrogen and oxygen atoms in total. The van der Waals surface area contributed by atoms with E-state index in [0.29, 0.717) is 19.7 Å². The van der Waals surface area contributed by atoms with Gasteiger partial charge in [-0.1, -0.05) is 23.5 Å². The van der Waals surface area contributed by atoms with E-state index in [-0.39, 0.29) is 6.09 Å². The Labute approximate surface area is 121 Å². The van der Waals surface area contributed by atoms with Gasteiger partial charge in [0.25, 0.3) is 0 Å². The van der Waals surface area contributed by atoms with E-state index in [4.69, 9.17) is 4.74 Å². The number of hydrogen-bond acceptors (Lipinski definition) is 5. The van der Waals surface area contributed by atoms with Crippen molar-refractivity contribution >= 4 is 32.8 Å². The van der Waals surface area contributed by atoms with Crippen LogP contribution in [0.4, 0.5) is 9.93 Å². The Kier molecular flexibility index (Phi) is 3.73. The maximum atomic E-state index is 11.7. The lowest BCUT2D eigenvalue weighted by atomic mass is 10.3. The van der Waals surface area contributed by atoms with Gasteiger partial charge in [0.2, 0.25) is 0 Å². The second-order valence-electron chi connectivity index (χ2n) is 4.64. The highest BCUT2D eigenvalue weighted by atomic mass is 32.1. The number of anilines is 1. The van der Waals surface area contributed by atoms with Crippen molar-refractivity contribution in [1.82, 2.24) is 9.88 Å². The Morgan fingerprint density at radius 1 is 1.30 bits per heavy atom. The SMILES string of the molecule is CCOC(=O)N1CCN(c2nc3ccccc3s2)CC1. The number of ether oxygens (including phenoxy) is 1. The van der Waals surface area contributed by atoms with Crippen LogP contribution in [0.15, 0.2) is 24.3 Å². The topological polar surface area (TPSA) is 45.7 Å². The van der Waals surface area contributed by atoms with E-state index in [1.807, 2.05) is 25.1 Å². The minimum absolute atomic E-state index is 0.212. The largest absolute Gasteiger partial charge is 0.450 e. The summed E-state index contributed by atoms with van der Waals surface area (Å²) >= 11 is 1.70. The van der Waals surface area contributed by atoms with Crippen molar-refractivity contribution in [3.05, 3.63) is 24.3 Å². The number of aromatic nitrogens is 1. The lowest BCUT2D eigenvalue weighted by Gasteiger charge is -2.33. The molecule has 2 aromatic rings. The van der Waals surface area contributed by atoms with Gasteiger partial charge in [0, 0.05) is 26.2 Å². The number of fused-ring (bicyclic) bond motifs is 1. The molecule has 106 valence electrons. The van der Waals surface area contributed by atoms with Crippen LogP contribution >= 0.6 is 11.3 Å². The van der Waals surface area contributed by atoms with Crippen molar-refractivity contribution in [2.75, 3.05) is 37.7 Å². The molecule has 0 N–H and O–H groups in total. The fraction of sp³-hybridized carbons (Fsp3) is 0.429. The monoisotopic (exact) mass is 291 g/mol. The fourth-order valence-electron chi connectivity index (χ4n) is 2.29. The predicted octanol–water partition coefficient (Wildman–Crippen LogP) is 2.57. The molecule has 0 bridgehead atoms. The molecule has 2 heterocycles. The second-order valence-corrected chi connectivity index (χ2v) is 5.65. The van der Waals surface area contributed by atoms with Crippen molar-refractivity contribution in [3.63, 3.8) is 0 Å². The van der Waals surface area contributed by atoms with E-state index < -0.39 is 0 Å². The molecule has 6 heteroatoms. The lowest BCUT2D eigenvalue weighted by molar-refractivity contribution is 0.105. The third-order valence-electron chi connectivity index (χ3n) is 3.36. The molecule has 0 atom stereocenters. The molecule has 3 rings (SSSR count). The number of rotatable bonds is 2. The van der Waals surface area contributed by atoms with Gasteiger partial charge in [-0.05, 0) is 19.1 Å². The van der Waals surface area contributed by atoms with Crippen molar-refractivity contribution in [1.29, 1.82) is 0 Å². The molecule has 20 heavy (non-hydrogen) atoms. The Bertz CT molecular complexity index is 572. The molecule has 1 aliphatic rings. The maximum Gasteiger partial charge on any atom is 0.409 e. The quantitative estimate of drug-likeness (QED) is 0.853. The first-order valence-electron chi connectivity index (χ1n) is 6.80. The highest BCUT2D eigenvalue weighted by Crippen LogP contribution is 2.29. The first kappa shape index (κ1) is 13.2. The number of hydrogen-bond donors (Lipinski definition) is 0. The van der Waals surface area contributed by atoms with Crippen LogP contribution in [0.3, 0.4) is 0 Å². The van der Waals surface area contributed by atoms with Crippen LogP contribution in [0.5, 0.6) is 0 Å². The molecule has 1 aromatic heterocycles. The van der Waals surface area contributed by atoms with Crippen LogP contribution in [-0.4, -0.2) is 48.8 Å². The Morgan fingerprint density at radius 3 is 2.75 bits per heavy atom. The van der Waals surface area contributed by atoms with E-state index in [0.717, 1.165) is 23.7 Å². The molecule has 1 saturated heterocycles. The third-order valence-corrected chi connectivity index (χ3v) is 4.46. The molecule has 1 aromatic carbocycles. The van der Waals surface area contributed by atoms with Gasteiger partial charge in [-0.15, -0.1) is 0 Å². The number of benzene rings is 1. The second kappa shape index (κ2) is 5.66. The van der Waals surface area contributed by atoms with Crippen molar-refractivity contribution in [3.8, 4) is 0 Å². The average Bonchev–Trinajstić information content (AvgIpc) is 2.91. The molecule has 0 aliphatic carbocycles. The van der Waals surface area contributed by atoms with Crippen LogP contribution in [0.1, 0.15) is 6.92 Å². The van der Waals surface area contributed by atoms with E-state index in [1.54, 1.807) is 16.2 Å². The first-order chi connectivity index (χ1) is 9.78. The van der Waals surface area contributed by atoms with E-state index in [2.05, 4.69) is 16.0 Å². The molecule has 1 aliphatic heterocycles. The number of carbonyl (C=O) groups is 1. The molecular weight excluding hydrogens is 274 g/mol. The van der Waals surface area contributed by atoms with Crippen LogP contribution < -0.4 is 4.90 Å². The summed E-state index contributed by atoms with van der Waals surface area (Å²) < 4.78 is 6.23. The fourth-order valence-corrected chi connectivity index (χ4v) is 3.31. The van der Waals surface area contributed by atoms with Crippen molar-refractivity contribution in [2.24, 2.45) is 0 Å². The number of nitrogens with zero attached hydrogens (tertiary/aromatic N) is 3. The lowest BCUT2D eigenvalue weighted by Crippen LogP contribution is -2.48. The van der Waals surface area contributed by atoms with Gasteiger partial charge in [0.05, 0.1) is 16.8 Å². The number of piperazine rings is 1. The zero-order valence-corrected chi connectivity index (χ0v) is 12.2. The minimum Gasteiger partial charge on any atom is -0.450 e. The van der Waals surface area contributed by atoms with Crippen LogP contribution in [0, 0.1) is 0 Å². The summed E-state index contributed by atoms with van der Waals surface area (Å²) in [7, 11) is 0. The summed E-state index contributed by atoms with van der Waals surface area (Å²) in [6.45, 7) is 5.24. The highest BCUT2D eigenvalue weighted by Gasteiger charge is 2.23. The molecule has 0 radical (unpaired) electrons. The van der Waals surface area contributed by atoms with Crippen LogP contribution in [0.25, 0.3) is 10.2 Å². The van der Waals surface area contributed by atoms with E-state index in [1.165, 1.54) is 4.70 Å². The van der Waals surface area contributed by atoms with E-state index >= 15 is 0 Å². The van der Waals surface area contributed by atoms with Gasteiger partial charge in [0.1, 0.15) is 0 Å². The zero-order valence-electron chi connectivity index (χ0n) is 11.4. The number of carbonyl (C=O) groups excluding carboxylic acids is 1. The zero-order chi connectivity index (χ0) is 13.9. The molecule has 0 saturated carbocycles. The van der Waals surface area contributed by atoms with Gasteiger partial charge < -0.3 is 14.5 Å². The third kappa shape index (κ3) is 2.56. The summed E-state index contributed by atoms with van der Waals surface area (Å²) in [5, 5.41) is 1.04. The summed E-state index contributed by atoms with van der Waals surface area (Å²) in [5.41, 5.74) is 1.04. The van der Waals surface area contributed by atoms with Crippen molar-refractivity contribution < 1.29 is 9.53 Å². The predicted molar refractivity (Wildman–Crippen MR) is 80.4 cm³/mol. The van der Waals surface area contributed by atoms with Gasteiger partial charge in [0.15, 0.2) is 5.13 Å². The molecule has 1 amide bonds. The number of amides is 1. The Balaban J connectivity index is 1.67. The van der Waals surface area contributed by atoms with Gasteiger partial charge in [-0.2, -0.15) is 0 Å². The highest BCUT2D eigenvalue weighted by molar-refractivity contribution is 7.22. The molecule has 0 unspecified atom stereocenters.